The molecule has 0 aromatic heterocycles. The quantitative estimate of drug-likeness (QED) is 0.0930. The smallest absolute Gasteiger partial charge is 0.343 e. The number of methoxy groups -OCH3 is 1. The summed E-state index contributed by atoms with van der Waals surface area (Å²) in [6.07, 6.45) is 1.91. The Morgan fingerprint density at radius 1 is 1.05 bits per heavy atom. The van der Waals surface area contributed by atoms with Crippen LogP contribution in [0.3, 0.4) is 0 Å². The van der Waals surface area contributed by atoms with E-state index in [1.807, 2.05) is 0 Å². The Morgan fingerprint density at radius 2 is 1.84 bits per heavy atom. The number of hydrazone groups is 1. The number of benzene rings is 3. The number of carbonyl (C=O) groups is 3. The van der Waals surface area contributed by atoms with Gasteiger partial charge in [0.1, 0.15) is 0 Å². The molecule has 0 heterocycles. The van der Waals surface area contributed by atoms with Gasteiger partial charge < -0.3 is 14.8 Å². The third-order valence-electron chi connectivity index (χ3n) is 5.07. The molecule has 0 aliphatic carbocycles. The van der Waals surface area contributed by atoms with Gasteiger partial charge >= 0.3 is 5.97 Å². The lowest BCUT2D eigenvalue weighted by Crippen LogP contribution is -2.26. The van der Waals surface area contributed by atoms with Crippen LogP contribution < -0.4 is 20.2 Å². The predicted molar refractivity (Wildman–Crippen MR) is 140 cm³/mol. The van der Waals surface area contributed by atoms with Crippen LogP contribution in [0.1, 0.15) is 39.1 Å². The zero-order valence-electron chi connectivity index (χ0n) is 20.2. The number of non-ortho nitro benzene ring substituents is 1. The standard InChI is InChI=1S/C26H23ClN4O7/c1-37-23-14-17(11-12-22(23)38-26(34)18-6-4-7-19(15-18)31(35)36)16-29-30-24(32)10-5-13-28-25(33)20-8-2-3-9-21(20)27/h2-4,6-9,11-12,14-16H,5,10,13H2,1H3,(H,28,33)(H,30,32). The topological polar surface area (TPSA) is 149 Å². The van der Waals surface area contributed by atoms with Gasteiger partial charge in [-0.05, 0) is 48.4 Å². The Morgan fingerprint density at radius 3 is 2.58 bits per heavy atom. The number of hydrogen-bond acceptors (Lipinski definition) is 8. The Balaban J connectivity index is 1.48. The molecule has 0 aliphatic heterocycles. The minimum absolute atomic E-state index is 0.0121. The fourth-order valence-electron chi connectivity index (χ4n) is 3.18. The van der Waals surface area contributed by atoms with E-state index in [1.165, 1.54) is 43.7 Å². The molecule has 12 heteroatoms. The summed E-state index contributed by atoms with van der Waals surface area (Å²) < 4.78 is 10.6. The lowest BCUT2D eigenvalue weighted by Gasteiger charge is -2.10. The molecule has 38 heavy (non-hydrogen) atoms. The number of hydrogen-bond donors (Lipinski definition) is 2. The van der Waals surface area contributed by atoms with Gasteiger partial charge in [-0.15, -0.1) is 0 Å². The van der Waals surface area contributed by atoms with E-state index in [0.717, 1.165) is 6.07 Å². The zero-order chi connectivity index (χ0) is 27.5. The van der Waals surface area contributed by atoms with E-state index in [2.05, 4.69) is 15.8 Å². The zero-order valence-corrected chi connectivity index (χ0v) is 20.9. The second-order valence-corrected chi connectivity index (χ2v) is 8.15. The molecule has 0 bridgehead atoms. The second-order valence-electron chi connectivity index (χ2n) is 7.74. The summed E-state index contributed by atoms with van der Waals surface area (Å²) in [7, 11) is 1.38. The summed E-state index contributed by atoms with van der Waals surface area (Å²) in [5, 5.41) is 17.9. The van der Waals surface area contributed by atoms with Gasteiger partial charge in [0.15, 0.2) is 11.5 Å². The fourth-order valence-corrected chi connectivity index (χ4v) is 3.40. The minimum atomic E-state index is -0.788. The van der Waals surface area contributed by atoms with Crippen molar-refractivity contribution in [1.82, 2.24) is 10.7 Å². The Kier molecular flexibility index (Phi) is 9.89. The van der Waals surface area contributed by atoms with Crippen molar-refractivity contribution < 1.29 is 28.8 Å². The molecule has 0 saturated heterocycles. The number of nitro benzene ring substituents is 1. The largest absolute Gasteiger partial charge is 0.493 e. The SMILES string of the molecule is COc1cc(C=NNC(=O)CCCNC(=O)c2ccccc2Cl)ccc1OC(=O)c1cccc([N+](=O)[O-])c1. The van der Waals surface area contributed by atoms with Gasteiger partial charge in [-0.1, -0.05) is 29.8 Å². The van der Waals surface area contributed by atoms with E-state index >= 15 is 0 Å². The summed E-state index contributed by atoms with van der Waals surface area (Å²) in [6.45, 7) is 0.287. The van der Waals surface area contributed by atoms with Gasteiger partial charge in [0.05, 0.1) is 34.4 Å². The van der Waals surface area contributed by atoms with Crippen molar-refractivity contribution in [1.29, 1.82) is 0 Å². The first kappa shape index (κ1) is 27.8. The average molecular weight is 539 g/mol. The van der Waals surface area contributed by atoms with Crippen LogP contribution in [-0.2, 0) is 4.79 Å². The van der Waals surface area contributed by atoms with Crippen LogP contribution >= 0.6 is 11.6 Å². The number of amides is 2. The number of nitrogens with zero attached hydrogens (tertiary/aromatic N) is 2. The van der Waals surface area contributed by atoms with E-state index < -0.39 is 10.9 Å². The molecule has 0 unspecified atom stereocenters. The van der Waals surface area contributed by atoms with Crippen molar-refractivity contribution in [3.63, 3.8) is 0 Å². The molecule has 2 N–H and O–H groups in total. The number of rotatable bonds is 11. The molecule has 3 rings (SSSR count). The lowest BCUT2D eigenvalue weighted by atomic mass is 10.2. The number of ether oxygens (including phenoxy) is 2. The van der Waals surface area contributed by atoms with Crippen molar-refractivity contribution >= 4 is 41.3 Å². The van der Waals surface area contributed by atoms with Crippen LogP contribution in [0.2, 0.25) is 5.02 Å². The van der Waals surface area contributed by atoms with Crippen LogP contribution in [0.4, 0.5) is 5.69 Å². The number of halogens is 1. The van der Waals surface area contributed by atoms with Crippen molar-refractivity contribution in [3.8, 4) is 11.5 Å². The lowest BCUT2D eigenvalue weighted by molar-refractivity contribution is -0.384. The van der Waals surface area contributed by atoms with Crippen LogP contribution in [0.15, 0.2) is 71.8 Å². The van der Waals surface area contributed by atoms with Crippen LogP contribution in [0.25, 0.3) is 0 Å². The third kappa shape index (κ3) is 7.87. The summed E-state index contributed by atoms with van der Waals surface area (Å²) in [5.74, 6) is -1.13. The summed E-state index contributed by atoms with van der Waals surface area (Å²) in [6, 6.07) is 16.4. The monoisotopic (exact) mass is 538 g/mol. The highest BCUT2D eigenvalue weighted by Gasteiger charge is 2.16. The van der Waals surface area contributed by atoms with Crippen molar-refractivity contribution in [2.24, 2.45) is 5.10 Å². The number of carbonyl (C=O) groups excluding carboxylic acids is 3. The highest BCUT2D eigenvalue weighted by atomic mass is 35.5. The number of nitro groups is 1. The summed E-state index contributed by atoms with van der Waals surface area (Å²) in [4.78, 5) is 46.9. The molecule has 0 atom stereocenters. The van der Waals surface area contributed by atoms with E-state index in [1.54, 1.807) is 30.3 Å². The molecule has 0 aliphatic rings. The molecule has 2 amide bonds. The molecule has 3 aromatic rings. The van der Waals surface area contributed by atoms with E-state index in [-0.39, 0.29) is 47.5 Å². The molecule has 0 saturated carbocycles. The van der Waals surface area contributed by atoms with Crippen LogP contribution in [0, 0.1) is 10.1 Å². The van der Waals surface area contributed by atoms with Crippen molar-refractivity contribution in [3.05, 3.63) is 98.6 Å². The Hall–Kier alpha value is -4.77. The third-order valence-corrected chi connectivity index (χ3v) is 5.40. The Labute approximate surface area is 222 Å². The van der Waals surface area contributed by atoms with Gasteiger partial charge in [-0.25, -0.2) is 10.2 Å². The van der Waals surface area contributed by atoms with Crippen LogP contribution in [0.5, 0.6) is 11.5 Å². The van der Waals surface area contributed by atoms with Crippen LogP contribution in [-0.4, -0.2) is 42.6 Å². The minimum Gasteiger partial charge on any atom is -0.493 e. The normalized spacial score (nSPS) is 10.6. The first-order valence-electron chi connectivity index (χ1n) is 11.3. The van der Waals surface area contributed by atoms with Gasteiger partial charge in [-0.3, -0.25) is 19.7 Å². The molecule has 0 spiro atoms. The second kappa shape index (κ2) is 13.5. The molecular formula is C26H23ClN4O7. The van der Waals surface area contributed by atoms with Gasteiger partial charge in [0.2, 0.25) is 5.91 Å². The van der Waals surface area contributed by atoms with Gasteiger partial charge in [-0.2, -0.15) is 5.10 Å². The molecular weight excluding hydrogens is 516 g/mol. The summed E-state index contributed by atoms with van der Waals surface area (Å²) >= 11 is 5.99. The van der Waals surface area contributed by atoms with Crippen molar-refractivity contribution in [2.45, 2.75) is 12.8 Å². The number of nitrogens with one attached hydrogen (secondary N) is 2. The van der Waals surface area contributed by atoms with E-state index in [4.69, 9.17) is 21.1 Å². The van der Waals surface area contributed by atoms with Gasteiger partial charge in [0.25, 0.3) is 11.6 Å². The highest BCUT2D eigenvalue weighted by Crippen LogP contribution is 2.28. The fraction of sp³-hybridized carbons (Fsp3) is 0.154. The predicted octanol–water partition coefficient (Wildman–Crippen LogP) is 4.14. The highest BCUT2D eigenvalue weighted by molar-refractivity contribution is 6.33. The Bertz CT molecular complexity index is 1380. The first-order valence-corrected chi connectivity index (χ1v) is 11.7. The van der Waals surface area contributed by atoms with Gasteiger partial charge in [0, 0.05) is 25.1 Å². The molecule has 11 nitrogen and oxygen atoms in total. The molecule has 0 fully saturated rings. The summed E-state index contributed by atoms with van der Waals surface area (Å²) in [5.41, 5.74) is 3.08. The van der Waals surface area contributed by atoms with E-state index in [0.29, 0.717) is 22.6 Å². The molecule has 0 radical (unpaired) electrons. The van der Waals surface area contributed by atoms with E-state index in [9.17, 15) is 24.5 Å². The average Bonchev–Trinajstić information content (AvgIpc) is 2.92. The maximum absolute atomic E-state index is 12.4. The first-order chi connectivity index (χ1) is 18.3. The van der Waals surface area contributed by atoms with Crippen molar-refractivity contribution in [2.75, 3.05) is 13.7 Å². The maximum Gasteiger partial charge on any atom is 0.343 e. The number of esters is 1. The maximum atomic E-state index is 12.4. The molecule has 3 aromatic carbocycles. The molecule has 196 valence electrons.